The average Bonchev–Trinajstić information content (AvgIpc) is 2.68. The predicted octanol–water partition coefficient (Wildman–Crippen LogP) is 4.52. The molecule has 0 spiro atoms. The highest BCUT2D eigenvalue weighted by atomic mass is 16.5. The van der Waals surface area contributed by atoms with Gasteiger partial charge in [-0.15, -0.1) is 0 Å². The largest absolute Gasteiger partial charge is 0.497 e. The quantitative estimate of drug-likeness (QED) is 0.781. The van der Waals surface area contributed by atoms with Crippen molar-refractivity contribution in [3.05, 3.63) is 29.8 Å². The Bertz CT molecular complexity index is 523. The number of piperidine rings is 1. The van der Waals surface area contributed by atoms with Gasteiger partial charge in [-0.3, -0.25) is 4.90 Å². The maximum absolute atomic E-state index is 5.34. The van der Waals surface area contributed by atoms with Gasteiger partial charge in [-0.1, -0.05) is 25.5 Å². The van der Waals surface area contributed by atoms with E-state index in [2.05, 4.69) is 55.1 Å². The van der Waals surface area contributed by atoms with E-state index in [9.17, 15) is 0 Å². The van der Waals surface area contributed by atoms with Crippen LogP contribution in [0.2, 0.25) is 0 Å². The molecule has 2 aliphatic rings. The number of methoxy groups -OCH3 is 1. The predicted molar refractivity (Wildman–Crippen MR) is 105 cm³/mol. The summed E-state index contributed by atoms with van der Waals surface area (Å²) in [6.07, 6.45) is 9.33. The first-order valence-corrected chi connectivity index (χ1v) is 10.1. The SMILES string of the molecule is CCC1CCN(C2CCC(c3ccc(OC)cc3)(N(C)C)CC2)CC1. The number of likely N-dealkylation sites (tertiary alicyclic amines) is 1. The molecular weight excluding hydrogens is 308 g/mol. The third kappa shape index (κ3) is 3.88. The van der Waals surface area contributed by atoms with Gasteiger partial charge >= 0.3 is 0 Å². The van der Waals surface area contributed by atoms with E-state index in [4.69, 9.17) is 4.74 Å². The first-order chi connectivity index (χ1) is 12.1. The molecule has 1 saturated heterocycles. The standard InChI is InChI=1S/C22H36N2O/c1-5-18-12-16-24(17-13-18)20-10-14-22(15-11-20,23(2)3)19-6-8-21(25-4)9-7-19/h6-9,18,20H,5,10-17H2,1-4H3. The van der Waals surface area contributed by atoms with E-state index in [1.807, 2.05) is 0 Å². The summed E-state index contributed by atoms with van der Waals surface area (Å²) in [5.41, 5.74) is 1.63. The van der Waals surface area contributed by atoms with Crippen LogP contribution in [0.1, 0.15) is 57.4 Å². The lowest BCUT2D eigenvalue weighted by atomic mass is 9.73. The van der Waals surface area contributed by atoms with Crippen LogP contribution in [-0.4, -0.2) is 50.1 Å². The normalized spacial score (nSPS) is 29.1. The molecule has 0 bridgehead atoms. The van der Waals surface area contributed by atoms with Crippen LogP contribution in [0.4, 0.5) is 0 Å². The van der Waals surface area contributed by atoms with E-state index >= 15 is 0 Å². The summed E-state index contributed by atoms with van der Waals surface area (Å²) in [5.74, 6) is 1.92. The Morgan fingerprint density at radius 2 is 1.64 bits per heavy atom. The van der Waals surface area contributed by atoms with Gasteiger partial charge in [0.1, 0.15) is 5.75 Å². The summed E-state index contributed by atoms with van der Waals surface area (Å²) in [6, 6.07) is 9.56. The Morgan fingerprint density at radius 3 is 2.12 bits per heavy atom. The Labute approximate surface area is 154 Å². The molecule has 1 aliphatic heterocycles. The number of nitrogens with zero attached hydrogens (tertiary/aromatic N) is 2. The fraction of sp³-hybridized carbons (Fsp3) is 0.727. The minimum absolute atomic E-state index is 0.185. The fourth-order valence-electron chi connectivity index (χ4n) is 5.07. The van der Waals surface area contributed by atoms with Gasteiger partial charge in [0.05, 0.1) is 7.11 Å². The second kappa shape index (κ2) is 8.09. The van der Waals surface area contributed by atoms with Crippen LogP contribution in [0.3, 0.4) is 0 Å². The lowest BCUT2D eigenvalue weighted by molar-refractivity contribution is 0.0354. The molecule has 0 amide bonds. The lowest BCUT2D eigenvalue weighted by Crippen LogP contribution is -2.50. The maximum atomic E-state index is 5.34. The molecule has 1 aliphatic carbocycles. The topological polar surface area (TPSA) is 15.7 Å². The first-order valence-electron chi connectivity index (χ1n) is 10.1. The highest BCUT2D eigenvalue weighted by Crippen LogP contribution is 2.43. The second-order valence-electron chi connectivity index (χ2n) is 8.27. The van der Waals surface area contributed by atoms with Gasteiger partial charge in [0.2, 0.25) is 0 Å². The fourth-order valence-corrected chi connectivity index (χ4v) is 5.07. The lowest BCUT2D eigenvalue weighted by Gasteiger charge is -2.48. The first kappa shape index (κ1) is 18.7. The van der Waals surface area contributed by atoms with Gasteiger partial charge in [0.15, 0.2) is 0 Å². The van der Waals surface area contributed by atoms with E-state index in [0.29, 0.717) is 0 Å². The highest BCUT2D eigenvalue weighted by molar-refractivity contribution is 5.32. The van der Waals surface area contributed by atoms with Gasteiger partial charge in [-0.2, -0.15) is 0 Å². The average molecular weight is 345 g/mol. The third-order valence-corrected chi connectivity index (χ3v) is 7.01. The molecule has 1 aromatic carbocycles. The highest BCUT2D eigenvalue weighted by Gasteiger charge is 2.40. The van der Waals surface area contributed by atoms with Crippen molar-refractivity contribution >= 4 is 0 Å². The molecule has 1 saturated carbocycles. The number of ether oxygens (including phenoxy) is 1. The van der Waals surface area contributed by atoms with Gasteiger partial charge < -0.3 is 9.64 Å². The second-order valence-corrected chi connectivity index (χ2v) is 8.27. The van der Waals surface area contributed by atoms with Gasteiger partial charge in [-0.25, -0.2) is 0 Å². The number of benzene rings is 1. The van der Waals surface area contributed by atoms with Crippen molar-refractivity contribution in [3.8, 4) is 5.75 Å². The van der Waals surface area contributed by atoms with Gasteiger partial charge in [-0.05, 0) is 89.3 Å². The van der Waals surface area contributed by atoms with Crippen molar-refractivity contribution in [2.45, 2.75) is 63.5 Å². The van der Waals surface area contributed by atoms with E-state index in [0.717, 1.165) is 17.7 Å². The van der Waals surface area contributed by atoms with E-state index in [-0.39, 0.29) is 5.54 Å². The summed E-state index contributed by atoms with van der Waals surface area (Å²) in [6.45, 7) is 4.99. The molecular formula is C22H36N2O. The molecule has 0 aromatic heterocycles. The molecule has 0 unspecified atom stereocenters. The Morgan fingerprint density at radius 1 is 1.04 bits per heavy atom. The van der Waals surface area contributed by atoms with E-state index < -0.39 is 0 Å². The van der Waals surface area contributed by atoms with Gasteiger partial charge in [0, 0.05) is 11.6 Å². The van der Waals surface area contributed by atoms with Gasteiger partial charge in [0.25, 0.3) is 0 Å². The zero-order chi connectivity index (χ0) is 17.9. The molecule has 0 atom stereocenters. The van der Waals surface area contributed by atoms with Crippen molar-refractivity contribution < 1.29 is 4.74 Å². The minimum Gasteiger partial charge on any atom is -0.497 e. The van der Waals surface area contributed by atoms with Crippen LogP contribution in [0.25, 0.3) is 0 Å². The molecule has 0 N–H and O–H groups in total. The van der Waals surface area contributed by atoms with Crippen LogP contribution in [0, 0.1) is 5.92 Å². The Hall–Kier alpha value is -1.06. The zero-order valence-electron chi connectivity index (χ0n) is 16.6. The van der Waals surface area contributed by atoms with Crippen LogP contribution in [0.15, 0.2) is 24.3 Å². The smallest absolute Gasteiger partial charge is 0.118 e. The number of hydrogen-bond acceptors (Lipinski definition) is 3. The third-order valence-electron chi connectivity index (χ3n) is 7.01. The molecule has 1 aromatic rings. The molecule has 0 radical (unpaired) electrons. The zero-order valence-corrected chi connectivity index (χ0v) is 16.6. The molecule has 140 valence electrons. The molecule has 3 heteroatoms. The Balaban J connectivity index is 1.66. The van der Waals surface area contributed by atoms with E-state index in [1.165, 1.54) is 63.6 Å². The molecule has 3 nitrogen and oxygen atoms in total. The summed E-state index contributed by atoms with van der Waals surface area (Å²) in [5, 5.41) is 0. The van der Waals surface area contributed by atoms with Crippen molar-refractivity contribution in [3.63, 3.8) is 0 Å². The Kier molecular flexibility index (Phi) is 6.06. The summed E-state index contributed by atoms with van der Waals surface area (Å²) in [4.78, 5) is 5.24. The van der Waals surface area contributed by atoms with E-state index in [1.54, 1.807) is 7.11 Å². The van der Waals surface area contributed by atoms with Crippen molar-refractivity contribution in [2.75, 3.05) is 34.3 Å². The molecule has 1 heterocycles. The van der Waals surface area contributed by atoms with Crippen molar-refractivity contribution in [1.82, 2.24) is 9.80 Å². The van der Waals surface area contributed by atoms with Crippen molar-refractivity contribution in [1.29, 1.82) is 0 Å². The number of rotatable bonds is 5. The monoisotopic (exact) mass is 344 g/mol. The summed E-state index contributed by atoms with van der Waals surface area (Å²) < 4.78 is 5.34. The van der Waals surface area contributed by atoms with Crippen LogP contribution < -0.4 is 4.74 Å². The summed E-state index contributed by atoms with van der Waals surface area (Å²) >= 11 is 0. The molecule has 3 rings (SSSR count). The van der Waals surface area contributed by atoms with Crippen LogP contribution >= 0.6 is 0 Å². The van der Waals surface area contributed by atoms with Crippen molar-refractivity contribution in [2.24, 2.45) is 5.92 Å². The minimum atomic E-state index is 0.185. The summed E-state index contributed by atoms with van der Waals surface area (Å²) in [7, 11) is 6.23. The molecule has 25 heavy (non-hydrogen) atoms. The molecule has 2 fully saturated rings. The number of hydrogen-bond donors (Lipinski definition) is 0. The van der Waals surface area contributed by atoms with Crippen LogP contribution in [0.5, 0.6) is 5.75 Å². The van der Waals surface area contributed by atoms with Crippen LogP contribution in [-0.2, 0) is 5.54 Å². The maximum Gasteiger partial charge on any atom is 0.118 e.